The predicted octanol–water partition coefficient (Wildman–Crippen LogP) is 1.39. The van der Waals surface area contributed by atoms with Gasteiger partial charge in [-0.25, -0.2) is 0 Å². The molecule has 5 N–H and O–H groups in total. The summed E-state index contributed by atoms with van der Waals surface area (Å²) in [5, 5.41) is 2.73. The van der Waals surface area contributed by atoms with Gasteiger partial charge in [-0.05, 0) is 46.1 Å². The van der Waals surface area contributed by atoms with Crippen molar-refractivity contribution >= 4 is 11.7 Å². The molecular weight excluding hydrogens is 254 g/mol. The van der Waals surface area contributed by atoms with Crippen LogP contribution in [0.4, 0.5) is 0 Å². The van der Waals surface area contributed by atoms with Crippen LogP contribution >= 0.6 is 0 Å². The van der Waals surface area contributed by atoms with Crippen molar-refractivity contribution in [1.29, 1.82) is 0 Å². The molecule has 1 amide bonds. The van der Waals surface area contributed by atoms with Crippen LogP contribution in [0.15, 0.2) is 23.9 Å². The highest BCUT2D eigenvalue weighted by Crippen LogP contribution is 2.08. The molecule has 0 bridgehead atoms. The molecule has 0 fully saturated rings. The van der Waals surface area contributed by atoms with Crippen molar-refractivity contribution in [3.63, 3.8) is 0 Å². The Morgan fingerprint density at radius 2 is 1.90 bits per heavy atom. The zero-order chi connectivity index (χ0) is 15.5. The highest BCUT2D eigenvalue weighted by molar-refractivity contribution is 5.90. The Morgan fingerprint density at radius 1 is 1.25 bits per heavy atom. The maximum absolute atomic E-state index is 11.9. The van der Waals surface area contributed by atoms with E-state index in [4.69, 9.17) is 11.5 Å². The summed E-state index contributed by atoms with van der Waals surface area (Å²) in [6.45, 7) is 7.77. The molecule has 0 heterocycles. The molecule has 0 saturated heterocycles. The normalized spacial score (nSPS) is 12.9. The Bertz CT molecular complexity index is 375. The minimum Gasteiger partial charge on any atom is -0.330 e. The molecule has 0 radical (unpaired) electrons. The predicted molar refractivity (Wildman–Crippen MR) is 81.8 cm³/mol. The third-order valence-electron chi connectivity index (χ3n) is 2.79. The summed E-state index contributed by atoms with van der Waals surface area (Å²) < 4.78 is 0. The second-order valence-corrected chi connectivity index (χ2v) is 5.12. The molecule has 1 unspecified atom stereocenters. The van der Waals surface area contributed by atoms with E-state index in [1.165, 1.54) is 13.0 Å². The molecule has 0 aromatic rings. The number of ketones is 1. The van der Waals surface area contributed by atoms with Gasteiger partial charge in [0.05, 0.1) is 6.04 Å². The molecule has 0 aliphatic carbocycles. The lowest BCUT2D eigenvalue weighted by atomic mass is 10.1. The van der Waals surface area contributed by atoms with Gasteiger partial charge in [-0.15, -0.1) is 6.58 Å². The topological polar surface area (TPSA) is 98.2 Å². The zero-order valence-electron chi connectivity index (χ0n) is 12.6. The molecule has 0 spiro atoms. The molecule has 5 heteroatoms. The number of hydrogen-bond acceptors (Lipinski definition) is 4. The van der Waals surface area contributed by atoms with Crippen LogP contribution in [-0.2, 0) is 9.59 Å². The van der Waals surface area contributed by atoms with E-state index in [0.29, 0.717) is 25.1 Å². The summed E-state index contributed by atoms with van der Waals surface area (Å²) >= 11 is 0. The van der Waals surface area contributed by atoms with Crippen molar-refractivity contribution in [2.45, 2.75) is 52.0 Å². The van der Waals surface area contributed by atoms with Crippen LogP contribution in [0.5, 0.6) is 0 Å². The van der Waals surface area contributed by atoms with Gasteiger partial charge in [0.2, 0.25) is 5.91 Å². The van der Waals surface area contributed by atoms with Crippen LogP contribution in [0.25, 0.3) is 0 Å². The third-order valence-corrected chi connectivity index (χ3v) is 2.79. The van der Waals surface area contributed by atoms with E-state index in [1.807, 2.05) is 6.92 Å². The van der Waals surface area contributed by atoms with Crippen molar-refractivity contribution in [2.75, 3.05) is 6.54 Å². The fourth-order valence-electron chi connectivity index (χ4n) is 1.65. The largest absolute Gasteiger partial charge is 0.330 e. The van der Waals surface area contributed by atoms with Gasteiger partial charge in [-0.2, -0.15) is 0 Å². The van der Waals surface area contributed by atoms with E-state index in [2.05, 4.69) is 11.9 Å². The summed E-state index contributed by atoms with van der Waals surface area (Å²) in [5.41, 5.74) is 12.8. The van der Waals surface area contributed by atoms with Gasteiger partial charge in [0.25, 0.3) is 0 Å². The van der Waals surface area contributed by atoms with Crippen LogP contribution < -0.4 is 16.8 Å². The monoisotopic (exact) mass is 281 g/mol. The third kappa shape index (κ3) is 9.47. The molecule has 0 saturated carbocycles. The summed E-state index contributed by atoms with van der Waals surface area (Å²) in [4.78, 5) is 23.1. The quantitative estimate of drug-likeness (QED) is 0.320. The van der Waals surface area contributed by atoms with Crippen LogP contribution in [0.2, 0.25) is 0 Å². The summed E-state index contributed by atoms with van der Waals surface area (Å²) in [7, 11) is 0. The van der Waals surface area contributed by atoms with E-state index >= 15 is 0 Å². The second kappa shape index (κ2) is 10.3. The Hall–Kier alpha value is -1.46. The molecule has 0 aliphatic rings. The lowest BCUT2D eigenvalue weighted by Gasteiger charge is -2.14. The minimum absolute atomic E-state index is 0.0984. The number of amides is 1. The minimum atomic E-state index is -0.568. The highest BCUT2D eigenvalue weighted by atomic mass is 16.2. The summed E-state index contributed by atoms with van der Waals surface area (Å²) in [6.07, 6.45) is 5.01. The Morgan fingerprint density at radius 3 is 2.40 bits per heavy atom. The van der Waals surface area contributed by atoms with Crippen LogP contribution in [0.1, 0.15) is 46.0 Å². The van der Waals surface area contributed by atoms with E-state index in [-0.39, 0.29) is 11.7 Å². The van der Waals surface area contributed by atoms with Crippen molar-refractivity contribution in [1.82, 2.24) is 5.32 Å². The fourth-order valence-corrected chi connectivity index (χ4v) is 1.65. The standard InChI is InChI=1S/C15H27N3O2/c1-11(2)7-8-13(10-12(3)19)18-15(20)14(17)6-4-5-9-16/h10,14H,1,4-9,16-17H2,2-3H3,(H,18,20). The molecule has 0 rings (SSSR count). The average Bonchev–Trinajstić information content (AvgIpc) is 2.35. The smallest absolute Gasteiger partial charge is 0.241 e. The number of hydrogen-bond donors (Lipinski definition) is 3. The maximum Gasteiger partial charge on any atom is 0.241 e. The van der Waals surface area contributed by atoms with Gasteiger partial charge >= 0.3 is 0 Å². The molecule has 20 heavy (non-hydrogen) atoms. The van der Waals surface area contributed by atoms with E-state index in [9.17, 15) is 9.59 Å². The first-order valence-corrected chi connectivity index (χ1v) is 6.98. The van der Waals surface area contributed by atoms with Crippen LogP contribution in [0.3, 0.4) is 0 Å². The van der Waals surface area contributed by atoms with Crippen molar-refractivity contribution < 1.29 is 9.59 Å². The van der Waals surface area contributed by atoms with Gasteiger partial charge in [0, 0.05) is 11.8 Å². The molecule has 0 aliphatic heterocycles. The van der Waals surface area contributed by atoms with E-state index in [0.717, 1.165) is 24.8 Å². The van der Waals surface area contributed by atoms with E-state index < -0.39 is 6.04 Å². The SMILES string of the molecule is C=C(C)CCC(=CC(C)=O)NC(=O)C(N)CCCCN. The number of unbranched alkanes of at least 4 members (excludes halogenated alkanes) is 1. The average molecular weight is 281 g/mol. The number of nitrogens with one attached hydrogen (secondary N) is 1. The van der Waals surface area contributed by atoms with Crippen molar-refractivity contribution in [3.05, 3.63) is 23.9 Å². The van der Waals surface area contributed by atoms with E-state index in [1.54, 1.807) is 0 Å². The molecule has 0 aromatic carbocycles. The second-order valence-electron chi connectivity index (χ2n) is 5.12. The lowest BCUT2D eigenvalue weighted by molar-refractivity contribution is -0.121. The molecule has 1 atom stereocenters. The highest BCUT2D eigenvalue weighted by Gasteiger charge is 2.14. The summed E-state index contributed by atoms with van der Waals surface area (Å²) in [5.74, 6) is -0.352. The van der Waals surface area contributed by atoms with Crippen molar-refractivity contribution in [3.8, 4) is 0 Å². The zero-order valence-corrected chi connectivity index (χ0v) is 12.6. The van der Waals surface area contributed by atoms with Gasteiger partial charge in [0.15, 0.2) is 5.78 Å². The van der Waals surface area contributed by atoms with Gasteiger partial charge < -0.3 is 16.8 Å². The fraction of sp³-hybridized carbons (Fsp3) is 0.600. The Balaban J connectivity index is 4.44. The molecule has 0 aromatic heterocycles. The van der Waals surface area contributed by atoms with Gasteiger partial charge in [0.1, 0.15) is 0 Å². The Kier molecular flexibility index (Phi) is 9.59. The summed E-state index contributed by atoms with van der Waals surface area (Å²) in [6, 6.07) is -0.568. The van der Waals surface area contributed by atoms with Crippen LogP contribution in [-0.4, -0.2) is 24.3 Å². The molecule has 114 valence electrons. The number of carbonyl (C=O) groups is 2. The van der Waals surface area contributed by atoms with Gasteiger partial charge in [-0.1, -0.05) is 12.0 Å². The Labute approximate surface area is 121 Å². The first-order chi connectivity index (χ1) is 9.36. The molecular formula is C15H27N3O2. The van der Waals surface area contributed by atoms with Gasteiger partial charge in [-0.3, -0.25) is 9.59 Å². The molecule has 5 nitrogen and oxygen atoms in total. The lowest BCUT2D eigenvalue weighted by Crippen LogP contribution is -2.40. The number of allylic oxidation sites excluding steroid dienone is 3. The van der Waals surface area contributed by atoms with Crippen LogP contribution in [0, 0.1) is 0 Å². The number of nitrogens with two attached hydrogens (primary N) is 2. The van der Waals surface area contributed by atoms with Crippen molar-refractivity contribution in [2.24, 2.45) is 11.5 Å². The number of rotatable bonds is 10. The first-order valence-electron chi connectivity index (χ1n) is 6.98. The maximum atomic E-state index is 11.9. The number of carbonyl (C=O) groups excluding carboxylic acids is 2. The first kappa shape index (κ1) is 18.5.